The summed E-state index contributed by atoms with van der Waals surface area (Å²) in [5, 5.41) is 36.4. The molecular formula is C14H25N3O8. The lowest BCUT2D eigenvalue weighted by Gasteiger charge is -2.42. The van der Waals surface area contributed by atoms with Crippen LogP contribution in [0.25, 0.3) is 0 Å². The number of carbonyl (C=O) groups is 3. The van der Waals surface area contributed by atoms with Crippen molar-refractivity contribution in [2.45, 2.75) is 50.5 Å². The highest BCUT2D eigenvalue weighted by Crippen LogP contribution is 2.22. The van der Waals surface area contributed by atoms with E-state index in [4.69, 9.17) is 9.47 Å². The van der Waals surface area contributed by atoms with E-state index in [0.29, 0.717) is 0 Å². The number of aliphatic hydroxyl groups is 3. The molecule has 0 spiro atoms. The predicted octanol–water partition coefficient (Wildman–Crippen LogP) is -3.80. The molecule has 0 radical (unpaired) electrons. The van der Waals surface area contributed by atoms with Crippen molar-refractivity contribution in [3.05, 3.63) is 0 Å². The van der Waals surface area contributed by atoms with Gasteiger partial charge in [0.05, 0.1) is 13.2 Å². The van der Waals surface area contributed by atoms with Crippen LogP contribution in [-0.4, -0.2) is 90.0 Å². The zero-order chi connectivity index (χ0) is 19.1. The minimum Gasteiger partial charge on any atom is -0.394 e. The highest BCUT2D eigenvalue weighted by molar-refractivity contribution is 5.86. The molecule has 6 atom stereocenters. The van der Waals surface area contributed by atoms with Crippen LogP contribution in [0.15, 0.2) is 0 Å². The van der Waals surface area contributed by atoms with Gasteiger partial charge >= 0.3 is 0 Å². The zero-order valence-corrected chi connectivity index (χ0v) is 14.3. The molecule has 0 saturated carbocycles. The molecule has 1 heterocycles. The fourth-order valence-corrected chi connectivity index (χ4v) is 2.41. The molecule has 0 unspecified atom stereocenters. The molecule has 0 aromatic carbocycles. The topological polar surface area (TPSA) is 166 Å². The van der Waals surface area contributed by atoms with Crippen LogP contribution in [-0.2, 0) is 23.9 Å². The Balaban J connectivity index is 2.86. The average molecular weight is 363 g/mol. The molecule has 144 valence electrons. The molecular weight excluding hydrogens is 338 g/mol. The first-order valence-electron chi connectivity index (χ1n) is 7.71. The van der Waals surface area contributed by atoms with Gasteiger partial charge in [-0.25, -0.2) is 0 Å². The Morgan fingerprint density at radius 3 is 2.28 bits per heavy atom. The summed E-state index contributed by atoms with van der Waals surface area (Å²) in [5.41, 5.74) is 0. The van der Waals surface area contributed by atoms with Crippen LogP contribution >= 0.6 is 0 Å². The van der Waals surface area contributed by atoms with Crippen molar-refractivity contribution in [3.8, 4) is 0 Å². The van der Waals surface area contributed by atoms with Gasteiger partial charge in [-0.2, -0.15) is 0 Å². The number of likely N-dealkylation sites (N-methyl/N-ethyl adjacent to an activating group) is 1. The SMILES string of the molecule is CNC(=O)[C@H](CO[C@@H]1O[C@H](CO)[C@H](O)[C@H](O)[C@H]1NC(C)=O)NC(C)=O. The van der Waals surface area contributed by atoms with E-state index in [0.717, 1.165) is 0 Å². The summed E-state index contributed by atoms with van der Waals surface area (Å²) in [6, 6.07) is -2.15. The molecule has 1 aliphatic rings. The molecule has 1 aliphatic heterocycles. The second-order valence-corrected chi connectivity index (χ2v) is 5.63. The maximum absolute atomic E-state index is 11.8. The highest BCUT2D eigenvalue weighted by atomic mass is 16.7. The molecule has 0 aromatic heterocycles. The second kappa shape index (κ2) is 9.63. The minimum atomic E-state index is -1.46. The van der Waals surface area contributed by atoms with E-state index >= 15 is 0 Å². The third-order valence-electron chi connectivity index (χ3n) is 3.62. The van der Waals surface area contributed by atoms with Gasteiger partial charge in [0, 0.05) is 20.9 Å². The molecule has 25 heavy (non-hydrogen) atoms. The lowest BCUT2D eigenvalue weighted by atomic mass is 9.97. The van der Waals surface area contributed by atoms with E-state index in [1.165, 1.54) is 20.9 Å². The number of hydrogen-bond acceptors (Lipinski definition) is 8. The van der Waals surface area contributed by atoms with Gasteiger partial charge in [0.1, 0.15) is 30.4 Å². The van der Waals surface area contributed by atoms with Crippen LogP contribution in [0.2, 0.25) is 0 Å². The fourth-order valence-electron chi connectivity index (χ4n) is 2.41. The van der Waals surface area contributed by atoms with Crippen molar-refractivity contribution < 1.29 is 39.2 Å². The maximum Gasteiger partial charge on any atom is 0.244 e. The molecule has 1 fully saturated rings. The van der Waals surface area contributed by atoms with Crippen LogP contribution in [0.1, 0.15) is 13.8 Å². The van der Waals surface area contributed by atoms with Gasteiger partial charge in [-0.15, -0.1) is 0 Å². The summed E-state index contributed by atoms with van der Waals surface area (Å²) in [4.78, 5) is 34.3. The Morgan fingerprint density at radius 2 is 1.80 bits per heavy atom. The van der Waals surface area contributed by atoms with E-state index in [2.05, 4.69) is 16.0 Å². The van der Waals surface area contributed by atoms with E-state index in [1.54, 1.807) is 0 Å². The Labute approximate surface area is 144 Å². The Kier molecular flexibility index (Phi) is 8.19. The van der Waals surface area contributed by atoms with Crippen LogP contribution in [0, 0.1) is 0 Å². The average Bonchev–Trinajstić information content (AvgIpc) is 2.55. The van der Waals surface area contributed by atoms with Gasteiger partial charge in [-0.05, 0) is 0 Å². The van der Waals surface area contributed by atoms with E-state index in [1.807, 2.05) is 0 Å². The van der Waals surface area contributed by atoms with E-state index in [9.17, 15) is 29.7 Å². The minimum absolute atomic E-state index is 0.318. The molecule has 11 nitrogen and oxygen atoms in total. The van der Waals surface area contributed by atoms with Gasteiger partial charge in [-0.3, -0.25) is 14.4 Å². The first kappa shape index (κ1) is 21.3. The van der Waals surface area contributed by atoms with Crippen molar-refractivity contribution in [2.75, 3.05) is 20.3 Å². The molecule has 0 bridgehead atoms. The fraction of sp³-hybridized carbons (Fsp3) is 0.786. The number of amides is 3. The van der Waals surface area contributed by atoms with Crippen molar-refractivity contribution in [3.63, 3.8) is 0 Å². The second-order valence-electron chi connectivity index (χ2n) is 5.63. The zero-order valence-electron chi connectivity index (χ0n) is 14.3. The molecule has 1 saturated heterocycles. The Hall–Kier alpha value is -1.79. The van der Waals surface area contributed by atoms with Crippen molar-refractivity contribution in [1.82, 2.24) is 16.0 Å². The van der Waals surface area contributed by atoms with Crippen LogP contribution in [0.3, 0.4) is 0 Å². The third-order valence-corrected chi connectivity index (χ3v) is 3.62. The monoisotopic (exact) mass is 363 g/mol. The molecule has 0 aliphatic carbocycles. The molecule has 6 N–H and O–H groups in total. The molecule has 1 rings (SSSR count). The number of rotatable bonds is 7. The number of hydrogen-bond donors (Lipinski definition) is 6. The normalized spacial score (nSPS) is 30.2. The summed E-state index contributed by atoms with van der Waals surface area (Å²) in [6.07, 6.45) is -5.28. The van der Waals surface area contributed by atoms with Crippen molar-refractivity contribution in [2.24, 2.45) is 0 Å². The Morgan fingerprint density at radius 1 is 1.16 bits per heavy atom. The van der Waals surface area contributed by atoms with Gasteiger partial charge in [0.15, 0.2) is 6.29 Å². The molecule has 0 aromatic rings. The summed E-state index contributed by atoms with van der Waals surface area (Å²) < 4.78 is 10.8. The number of ether oxygens (including phenoxy) is 2. The lowest BCUT2D eigenvalue weighted by Crippen LogP contribution is -2.65. The molecule has 3 amide bonds. The van der Waals surface area contributed by atoms with Gasteiger partial charge in [-0.1, -0.05) is 0 Å². The highest BCUT2D eigenvalue weighted by Gasteiger charge is 2.45. The van der Waals surface area contributed by atoms with Crippen LogP contribution < -0.4 is 16.0 Å². The smallest absolute Gasteiger partial charge is 0.244 e. The summed E-state index contributed by atoms with van der Waals surface area (Å²) in [7, 11) is 1.39. The third kappa shape index (κ3) is 5.90. The van der Waals surface area contributed by atoms with E-state index < -0.39 is 61.0 Å². The standard InChI is InChI=1S/C14H25N3O8/c1-6(19)16-8(13(23)15-3)5-24-14-10(17-7(2)20)12(22)11(21)9(4-18)25-14/h8-12,14,18,21-22H,4-5H2,1-3H3,(H,15,23)(H,16,19)(H,17,20)/t8-,9+,10+,11-,12+,14+/m0/s1. The maximum atomic E-state index is 11.8. The largest absolute Gasteiger partial charge is 0.394 e. The van der Waals surface area contributed by atoms with Crippen molar-refractivity contribution in [1.29, 1.82) is 0 Å². The lowest BCUT2D eigenvalue weighted by molar-refractivity contribution is -0.270. The summed E-state index contributed by atoms with van der Waals surface area (Å²) in [6.45, 7) is 1.53. The number of carbonyl (C=O) groups excluding carboxylic acids is 3. The predicted molar refractivity (Wildman–Crippen MR) is 83.0 cm³/mol. The van der Waals surface area contributed by atoms with Gasteiger partial charge in [0.25, 0.3) is 0 Å². The van der Waals surface area contributed by atoms with Gasteiger partial charge < -0.3 is 40.7 Å². The number of nitrogens with one attached hydrogen (secondary N) is 3. The first-order valence-corrected chi connectivity index (χ1v) is 7.71. The first-order chi connectivity index (χ1) is 11.7. The van der Waals surface area contributed by atoms with Crippen molar-refractivity contribution >= 4 is 17.7 Å². The van der Waals surface area contributed by atoms with Crippen LogP contribution in [0.5, 0.6) is 0 Å². The Bertz CT molecular complexity index is 489. The number of aliphatic hydroxyl groups excluding tert-OH is 3. The molecule has 11 heteroatoms. The summed E-state index contributed by atoms with van der Waals surface area (Å²) >= 11 is 0. The van der Waals surface area contributed by atoms with E-state index in [-0.39, 0.29) is 6.61 Å². The quantitative estimate of drug-likeness (QED) is 0.268. The van der Waals surface area contributed by atoms with Gasteiger partial charge in [0.2, 0.25) is 17.7 Å². The summed E-state index contributed by atoms with van der Waals surface area (Å²) in [5.74, 6) is -1.47. The van der Waals surface area contributed by atoms with Crippen LogP contribution in [0.4, 0.5) is 0 Å².